The van der Waals surface area contributed by atoms with Crippen molar-refractivity contribution in [3.63, 3.8) is 0 Å². The number of para-hydroxylation sites is 1. The van der Waals surface area contributed by atoms with Crippen LogP contribution < -0.4 is 10.0 Å². The van der Waals surface area contributed by atoms with E-state index in [1.807, 2.05) is 23.6 Å². The number of sulfonamides is 1. The number of hydrogen-bond donors (Lipinski definition) is 2. The van der Waals surface area contributed by atoms with Crippen molar-refractivity contribution in [1.29, 1.82) is 0 Å². The molecule has 2 heterocycles. The van der Waals surface area contributed by atoms with Crippen LogP contribution in [0.3, 0.4) is 0 Å². The molecule has 1 unspecified atom stereocenters. The van der Waals surface area contributed by atoms with Gasteiger partial charge in [0.1, 0.15) is 4.21 Å². The van der Waals surface area contributed by atoms with E-state index in [1.54, 1.807) is 12.1 Å². The van der Waals surface area contributed by atoms with Gasteiger partial charge in [0.2, 0.25) is 5.91 Å². The van der Waals surface area contributed by atoms with Crippen molar-refractivity contribution in [2.75, 3.05) is 4.72 Å². The van der Waals surface area contributed by atoms with Gasteiger partial charge in [-0.15, -0.1) is 11.3 Å². The average Bonchev–Trinajstić information content (AvgIpc) is 3.10. The minimum Gasteiger partial charge on any atom is -0.349 e. The van der Waals surface area contributed by atoms with E-state index in [4.69, 9.17) is 0 Å². The van der Waals surface area contributed by atoms with Crippen LogP contribution >= 0.6 is 11.3 Å². The van der Waals surface area contributed by atoms with E-state index in [1.165, 1.54) is 11.3 Å². The summed E-state index contributed by atoms with van der Waals surface area (Å²) in [6.07, 6.45) is 3.28. The van der Waals surface area contributed by atoms with Gasteiger partial charge in [0.25, 0.3) is 10.0 Å². The van der Waals surface area contributed by atoms with E-state index in [2.05, 4.69) is 10.0 Å². The van der Waals surface area contributed by atoms with Gasteiger partial charge in [0, 0.05) is 6.42 Å². The minimum absolute atomic E-state index is 0.00642. The third-order valence-electron chi connectivity index (χ3n) is 4.50. The van der Waals surface area contributed by atoms with Crippen LogP contribution in [0.4, 0.5) is 5.69 Å². The van der Waals surface area contributed by atoms with E-state index in [0.29, 0.717) is 28.7 Å². The van der Waals surface area contributed by atoms with Gasteiger partial charge < -0.3 is 5.32 Å². The number of benzene rings is 1. The number of carbonyl (C=O) groups excluding carboxylic acids is 1. The van der Waals surface area contributed by atoms with Crippen LogP contribution in [0.15, 0.2) is 39.9 Å². The first-order chi connectivity index (χ1) is 11.5. The van der Waals surface area contributed by atoms with Crippen LogP contribution in [-0.4, -0.2) is 14.3 Å². The summed E-state index contributed by atoms with van der Waals surface area (Å²) in [5, 5.41) is 4.74. The minimum atomic E-state index is -3.62. The Balaban J connectivity index is 1.65. The van der Waals surface area contributed by atoms with Gasteiger partial charge >= 0.3 is 0 Å². The molecule has 1 aliphatic carbocycles. The van der Waals surface area contributed by atoms with Gasteiger partial charge in [-0.05, 0) is 53.8 Å². The molecule has 1 amide bonds. The number of amides is 1. The van der Waals surface area contributed by atoms with Gasteiger partial charge in [0.05, 0.1) is 11.7 Å². The maximum Gasteiger partial charge on any atom is 0.271 e. The Bertz CT molecular complexity index is 885. The van der Waals surface area contributed by atoms with Crippen molar-refractivity contribution in [3.8, 4) is 0 Å². The third kappa shape index (κ3) is 2.93. The van der Waals surface area contributed by atoms with Gasteiger partial charge in [-0.25, -0.2) is 8.42 Å². The van der Waals surface area contributed by atoms with Gasteiger partial charge in [-0.1, -0.05) is 18.2 Å². The number of carbonyl (C=O) groups is 1. The molecular weight excluding hydrogens is 344 g/mol. The highest BCUT2D eigenvalue weighted by molar-refractivity contribution is 7.94. The molecule has 7 heteroatoms. The second-order valence-electron chi connectivity index (χ2n) is 6.29. The monoisotopic (exact) mass is 362 g/mol. The zero-order valence-electron chi connectivity index (χ0n) is 13.0. The molecule has 1 aromatic heterocycles. The highest BCUT2D eigenvalue weighted by Crippen LogP contribution is 2.45. The number of nitrogens with one attached hydrogen (secondary N) is 2. The highest BCUT2D eigenvalue weighted by Gasteiger charge is 2.32. The molecule has 0 spiro atoms. The largest absolute Gasteiger partial charge is 0.349 e. The summed E-state index contributed by atoms with van der Waals surface area (Å²) < 4.78 is 28.9. The zero-order valence-corrected chi connectivity index (χ0v) is 14.6. The van der Waals surface area contributed by atoms with Crippen molar-refractivity contribution >= 4 is 33.0 Å². The molecule has 2 aromatic rings. The fourth-order valence-electron chi connectivity index (χ4n) is 3.15. The smallest absolute Gasteiger partial charge is 0.271 e. The molecule has 2 N–H and O–H groups in total. The highest BCUT2D eigenvalue weighted by atomic mass is 32.2. The molecule has 24 heavy (non-hydrogen) atoms. The SMILES string of the molecule is O=C1CCC(c2ccccc2NS(=O)(=O)c2sccc2C2CC2)N1. The van der Waals surface area contributed by atoms with Crippen LogP contribution in [-0.2, 0) is 14.8 Å². The fraction of sp³-hybridized carbons (Fsp3) is 0.353. The molecule has 1 aromatic carbocycles. The summed E-state index contributed by atoms with van der Waals surface area (Å²) in [7, 11) is -3.62. The van der Waals surface area contributed by atoms with E-state index in [0.717, 1.165) is 24.0 Å². The van der Waals surface area contributed by atoms with E-state index < -0.39 is 10.0 Å². The Labute approximate surface area is 145 Å². The van der Waals surface area contributed by atoms with Crippen LogP contribution in [0.25, 0.3) is 0 Å². The number of thiophene rings is 1. The molecule has 0 bridgehead atoms. The Morgan fingerprint density at radius 2 is 1.88 bits per heavy atom. The molecule has 1 atom stereocenters. The van der Waals surface area contributed by atoms with Crippen LogP contribution in [0, 0.1) is 0 Å². The summed E-state index contributed by atoms with van der Waals surface area (Å²) in [6, 6.07) is 9.06. The summed E-state index contributed by atoms with van der Waals surface area (Å²) in [6.45, 7) is 0. The van der Waals surface area contributed by atoms with Gasteiger partial charge in [0.15, 0.2) is 0 Å². The first-order valence-electron chi connectivity index (χ1n) is 8.03. The van der Waals surface area contributed by atoms with Gasteiger partial charge in [-0.3, -0.25) is 9.52 Å². The van der Waals surface area contributed by atoms with Crippen molar-refractivity contribution in [1.82, 2.24) is 5.32 Å². The predicted molar refractivity (Wildman–Crippen MR) is 93.7 cm³/mol. The molecule has 4 rings (SSSR count). The Morgan fingerprint density at radius 1 is 1.08 bits per heavy atom. The summed E-state index contributed by atoms with van der Waals surface area (Å²) >= 11 is 1.26. The van der Waals surface area contributed by atoms with E-state index in [9.17, 15) is 13.2 Å². The second-order valence-corrected chi connectivity index (χ2v) is 9.08. The molecule has 1 aliphatic heterocycles. The lowest BCUT2D eigenvalue weighted by Gasteiger charge is -2.17. The summed E-state index contributed by atoms with van der Waals surface area (Å²) in [5.74, 6) is 0.388. The normalized spacial score (nSPS) is 20.8. The third-order valence-corrected chi connectivity index (χ3v) is 7.38. The lowest BCUT2D eigenvalue weighted by molar-refractivity contribution is -0.119. The summed E-state index contributed by atoms with van der Waals surface area (Å²) in [5.41, 5.74) is 2.29. The zero-order chi connectivity index (χ0) is 16.7. The number of anilines is 1. The average molecular weight is 362 g/mol. The van der Waals surface area contributed by atoms with Crippen molar-refractivity contribution in [2.24, 2.45) is 0 Å². The van der Waals surface area contributed by atoms with Crippen LogP contribution in [0.1, 0.15) is 48.8 Å². The van der Waals surface area contributed by atoms with E-state index in [-0.39, 0.29) is 11.9 Å². The first kappa shape index (κ1) is 15.7. The quantitative estimate of drug-likeness (QED) is 0.856. The molecular formula is C17H18N2O3S2. The summed E-state index contributed by atoms with van der Waals surface area (Å²) in [4.78, 5) is 11.5. The van der Waals surface area contributed by atoms with Gasteiger partial charge in [-0.2, -0.15) is 0 Å². The van der Waals surface area contributed by atoms with Crippen LogP contribution in [0.2, 0.25) is 0 Å². The Morgan fingerprint density at radius 3 is 2.58 bits per heavy atom. The maximum absolute atomic E-state index is 12.9. The van der Waals surface area contributed by atoms with Crippen molar-refractivity contribution < 1.29 is 13.2 Å². The molecule has 5 nitrogen and oxygen atoms in total. The molecule has 0 radical (unpaired) electrons. The first-order valence-corrected chi connectivity index (χ1v) is 10.4. The maximum atomic E-state index is 12.9. The second kappa shape index (κ2) is 5.89. The van der Waals surface area contributed by atoms with Crippen molar-refractivity contribution in [2.45, 2.75) is 41.9 Å². The molecule has 1 saturated heterocycles. The predicted octanol–water partition coefficient (Wildman–Crippen LogP) is 3.38. The molecule has 2 fully saturated rings. The molecule has 126 valence electrons. The van der Waals surface area contributed by atoms with E-state index >= 15 is 0 Å². The Hall–Kier alpha value is -1.86. The lowest BCUT2D eigenvalue weighted by Crippen LogP contribution is -2.21. The van der Waals surface area contributed by atoms with Crippen LogP contribution in [0.5, 0.6) is 0 Å². The van der Waals surface area contributed by atoms with Crippen molar-refractivity contribution in [3.05, 3.63) is 46.8 Å². The number of hydrogen-bond acceptors (Lipinski definition) is 4. The standard InChI is InChI=1S/C17H18N2O3S2/c20-16-8-7-14(18-16)13-3-1-2-4-15(13)19-24(21,22)17-12(9-10-23-17)11-5-6-11/h1-4,9-11,14,19H,5-8H2,(H,18,20). The fourth-order valence-corrected chi connectivity index (χ4v) is 5.77. The Kier molecular flexibility index (Phi) is 3.85. The lowest BCUT2D eigenvalue weighted by atomic mass is 10.0. The molecule has 1 saturated carbocycles. The molecule has 2 aliphatic rings. The number of rotatable bonds is 5. The topological polar surface area (TPSA) is 75.3 Å².